The number of rotatable bonds is 5. The number of aliphatic hydroxyl groups is 1. The number of aliphatic carboxylic acids is 1. The molecule has 2 N–H and O–H groups in total. The van der Waals surface area contributed by atoms with E-state index in [-0.39, 0.29) is 18.9 Å². The van der Waals surface area contributed by atoms with Gasteiger partial charge < -0.3 is 10.2 Å². The zero-order valence-electron chi connectivity index (χ0n) is 8.38. The molecule has 1 heterocycles. The maximum absolute atomic E-state index is 11.7. The molecule has 0 bridgehead atoms. The summed E-state index contributed by atoms with van der Waals surface area (Å²) in [5.74, 6) is -1.15. The van der Waals surface area contributed by atoms with Crippen molar-refractivity contribution in [2.24, 2.45) is 0 Å². The number of amides is 1. The van der Waals surface area contributed by atoms with Gasteiger partial charge in [0.25, 0.3) is 5.91 Å². The van der Waals surface area contributed by atoms with Crippen LogP contribution in [0.3, 0.4) is 0 Å². The number of carbonyl (C=O) groups excluding carboxylic acids is 1. The Balaban J connectivity index is 2.55. The predicted molar refractivity (Wildman–Crippen MR) is 63.9 cm³/mol. The fourth-order valence-corrected chi connectivity index (χ4v) is 2.47. The highest BCUT2D eigenvalue weighted by atomic mass is 32.2. The number of carbonyl (C=O) groups is 2. The Morgan fingerprint density at radius 1 is 1.56 bits per heavy atom. The van der Waals surface area contributed by atoms with Crippen molar-refractivity contribution in [3.63, 3.8) is 0 Å². The van der Waals surface area contributed by atoms with Gasteiger partial charge in [0.15, 0.2) is 0 Å². The summed E-state index contributed by atoms with van der Waals surface area (Å²) in [4.78, 5) is 23.8. The average Bonchev–Trinajstić information content (AvgIpc) is 2.45. The van der Waals surface area contributed by atoms with Crippen molar-refractivity contribution in [2.45, 2.75) is 12.8 Å². The first-order valence-electron chi connectivity index (χ1n) is 4.62. The van der Waals surface area contributed by atoms with E-state index in [1.165, 1.54) is 11.0 Å². The van der Waals surface area contributed by atoms with E-state index in [1.807, 2.05) is 0 Å². The molecule has 0 aromatic heterocycles. The van der Waals surface area contributed by atoms with Crippen LogP contribution in [-0.4, -0.2) is 44.5 Å². The molecule has 88 valence electrons. The van der Waals surface area contributed by atoms with Crippen molar-refractivity contribution in [2.75, 3.05) is 13.2 Å². The normalized spacial score (nSPS) is 18.6. The van der Waals surface area contributed by atoms with Crippen LogP contribution in [0, 0.1) is 0 Å². The van der Waals surface area contributed by atoms with E-state index in [0.29, 0.717) is 22.2 Å². The Morgan fingerprint density at radius 2 is 2.25 bits per heavy atom. The van der Waals surface area contributed by atoms with E-state index in [4.69, 9.17) is 22.4 Å². The van der Waals surface area contributed by atoms with E-state index in [0.717, 1.165) is 11.8 Å². The van der Waals surface area contributed by atoms with Gasteiger partial charge in [0, 0.05) is 13.0 Å². The van der Waals surface area contributed by atoms with Gasteiger partial charge in [-0.1, -0.05) is 24.0 Å². The molecule has 0 aliphatic carbocycles. The van der Waals surface area contributed by atoms with E-state index in [1.54, 1.807) is 0 Å². The number of thioether (sulfide) groups is 1. The molecular formula is C9H11NO4S2. The summed E-state index contributed by atoms with van der Waals surface area (Å²) in [6.07, 6.45) is 1.78. The van der Waals surface area contributed by atoms with Crippen LogP contribution in [0.1, 0.15) is 12.8 Å². The van der Waals surface area contributed by atoms with Crippen LogP contribution in [0.5, 0.6) is 0 Å². The Morgan fingerprint density at radius 3 is 2.81 bits per heavy atom. The molecule has 1 saturated heterocycles. The van der Waals surface area contributed by atoms with Gasteiger partial charge in [-0.15, -0.1) is 0 Å². The van der Waals surface area contributed by atoms with Crippen molar-refractivity contribution in [3.05, 3.63) is 11.0 Å². The molecule has 1 amide bonds. The number of nitrogens with zero attached hydrogens (tertiary/aromatic N) is 1. The first-order chi connectivity index (χ1) is 7.56. The Hall–Kier alpha value is -0.920. The molecule has 0 spiro atoms. The summed E-state index contributed by atoms with van der Waals surface area (Å²) in [5, 5.41) is 17.2. The second-order valence-corrected chi connectivity index (χ2v) is 4.75. The van der Waals surface area contributed by atoms with Crippen LogP contribution >= 0.6 is 24.0 Å². The smallest absolute Gasteiger partial charge is 0.303 e. The van der Waals surface area contributed by atoms with Gasteiger partial charge in [-0.2, -0.15) is 0 Å². The topological polar surface area (TPSA) is 77.8 Å². The molecule has 1 aliphatic heterocycles. The van der Waals surface area contributed by atoms with Crippen LogP contribution in [0.4, 0.5) is 0 Å². The fourth-order valence-electron chi connectivity index (χ4n) is 1.20. The summed E-state index contributed by atoms with van der Waals surface area (Å²) < 4.78 is 0.412. The van der Waals surface area contributed by atoms with Gasteiger partial charge in [-0.05, 0) is 12.5 Å². The fraction of sp³-hybridized carbons (Fsp3) is 0.444. The molecule has 7 heteroatoms. The summed E-state index contributed by atoms with van der Waals surface area (Å²) in [7, 11) is 0. The molecular weight excluding hydrogens is 250 g/mol. The Kier molecular flexibility index (Phi) is 4.91. The van der Waals surface area contributed by atoms with Crippen LogP contribution in [0.2, 0.25) is 0 Å². The standard InChI is InChI=1S/C9H11NO4S2/c11-5-3-6-8(14)10(9(15)16-6)4-1-2-7(12)13/h3,11H,1-2,4-5H2,(H,12,13)/b6-3-. The monoisotopic (exact) mass is 261 g/mol. The summed E-state index contributed by atoms with van der Waals surface area (Å²) >= 11 is 6.11. The number of hydrogen-bond donors (Lipinski definition) is 2. The van der Waals surface area contributed by atoms with Gasteiger partial charge in [-0.25, -0.2) is 0 Å². The third-order valence-electron chi connectivity index (χ3n) is 1.92. The van der Waals surface area contributed by atoms with Crippen molar-refractivity contribution >= 4 is 40.2 Å². The van der Waals surface area contributed by atoms with E-state index < -0.39 is 5.97 Å². The van der Waals surface area contributed by atoms with Crippen molar-refractivity contribution in [3.8, 4) is 0 Å². The minimum atomic E-state index is -0.892. The second kappa shape index (κ2) is 5.97. The molecule has 0 aromatic rings. The van der Waals surface area contributed by atoms with Gasteiger partial charge in [0.2, 0.25) is 0 Å². The molecule has 0 aromatic carbocycles. The molecule has 1 fully saturated rings. The highest BCUT2D eigenvalue weighted by Gasteiger charge is 2.31. The van der Waals surface area contributed by atoms with Gasteiger partial charge in [-0.3, -0.25) is 14.5 Å². The van der Waals surface area contributed by atoms with Gasteiger partial charge >= 0.3 is 5.97 Å². The third-order valence-corrected chi connectivity index (χ3v) is 3.35. The van der Waals surface area contributed by atoms with E-state index >= 15 is 0 Å². The van der Waals surface area contributed by atoms with Crippen LogP contribution < -0.4 is 0 Å². The van der Waals surface area contributed by atoms with Gasteiger partial charge in [0.1, 0.15) is 4.32 Å². The summed E-state index contributed by atoms with van der Waals surface area (Å²) in [6, 6.07) is 0. The van der Waals surface area contributed by atoms with Crippen LogP contribution in [0.25, 0.3) is 0 Å². The van der Waals surface area contributed by atoms with Crippen molar-refractivity contribution in [1.29, 1.82) is 0 Å². The Bertz CT molecular complexity index is 353. The molecule has 0 unspecified atom stereocenters. The summed E-state index contributed by atoms with van der Waals surface area (Å²) in [5.41, 5.74) is 0. The zero-order valence-corrected chi connectivity index (χ0v) is 10.0. The lowest BCUT2D eigenvalue weighted by Gasteiger charge is -2.12. The maximum Gasteiger partial charge on any atom is 0.303 e. The quantitative estimate of drug-likeness (QED) is 0.557. The minimum Gasteiger partial charge on any atom is -0.481 e. The highest BCUT2D eigenvalue weighted by molar-refractivity contribution is 8.26. The number of thiocarbonyl (C=S) groups is 1. The van der Waals surface area contributed by atoms with E-state index in [2.05, 4.69) is 0 Å². The number of hydrogen-bond acceptors (Lipinski definition) is 5. The SMILES string of the molecule is O=C(O)CCCN1C(=O)/C(=C/CO)SC1=S. The highest BCUT2D eigenvalue weighted by Crippen LogP contribution is 2.30. The molecule has 1 aliphatic rings. The van der Waals surface area contributed by atoms with Crippen LogP contribution in [-0.2, 0) is 9.59 Å². The molecule has 5 nitrogen and oxygen atoms in total. The first-order valence-corrected chi connectivity index (χ1v) is 5.85. The lowest BCUT2D eigenvalue weighted by atomic mass is 10.3. The molecule has 16 heavy (non-hydrogen) atoms. The lowest BCUT2D eigenvalue weighted by molar-refractivity contribution is -0.137. The number of carboxylic acids is 1. The third kappa shape index (κ3) is 3.29. The Labute approximate surface area is 102 Å². The van der Waals surface area contributed by atoms with Gasteiger partial charge in [0.05, 0.1) is 11.5 Å². The first kappa shape index (κ1) is 13.1. The number of aliphatic hydroxyl groups excluding tert-OH is 1. The number of carboxylic acid groups (broad SMARTS) is 1. The van der Waals surface area contributed by atoms with Crippen molar-refractivity contribution < 1.29 is 19.8 Å². The summed E-state index contributed by atoms with van der Waals surface area (Å²) in [6.45, 7) is 0.0966. The maximum atomic E-state index is 11.7. The minimum absolute atomic E-state index is 0.0100. The second-order valence-electron chi connectivity index (χ2n) is 3.07. The molecule has 0 radical (unpaired) electrons. The predicted octanol–water partition coefficient (Wildman–Crippen LogP) is 0.588. The molecule has 1 rings (SSSR count). The zero-order chi connectivity index (χ0) is 12.1. The largest absolute Gasteiger partial charge is 0.481 e. The molecule has 0 atom stereocenters. The van der Waals surface area contributed by atoms with Crippen molar-refractivity contribution in [1.82, 2.24) is 4.90 Å². The van der Waals surface area contributed by atoms with Crippen LogP contribution in [0.15, 0.2) is 11.0 Å². The molecule has 0 saturated carbocycles. The lowest BCUT2D eigenvalue weighted by Crippen LogP contribution is -2.29. The average molecular weight is 261 g/mol. The van der Waals surface area contributed by atoms with E-state index in [9.17, 15) is 9.59 Å².